The van der Waals surface area contributed by atoms with Crippen LogP contribution in [0.3, 0.4) is 0 Å². The van der Waals surface area contributed by atoms with Crippen LogP contribution in [-0.4, -0.2) is 0 Å². The van der Waals surface area contributed by atoms with Crippen LogP contribution in [0.5, 0.6) is 0 Å². The number of rotatable bonds is 6. The van der Waals surface area contributed by atoms with Gasteiger partial charge in [0, 0.05) is 5.92 Å². The van der Waals surface area contributed by atoms with Crippen molar-refractivity contribution in [3.8, 4) is 0 Å². The summed E-state index contributed by atoms with van der Waals surface area (Å²) in [6.07, 6.45) is 15.1. The van der Waals surface area contributed by atoms with E-state index in [1.807, 2.05) is 0 Å². The average Bonchev–Trinajstić information content (AvgIpc) is 2.39. The van der Waals surface area contributed by atoms with Crippen molar-refractivity contribution in [3.63, 3.8) is 0 Å². The van der Waals surface area contributed by atoms with Gasteiger partial charge in [-0.05, 0) is 18.4 Å². The van der Waals surface area contributed by atoms with E-state index in [4.69, 9.17) is 0 Å². The van der Waals surface area contributed by atoms with Gasteiger partial charge in [-0.1, -0.05) is 80.6 Å². The third kappa shape index (κ3) is 5.35. The van der Waals surface area contributed by atoms with Crippen LogP contribution in [0.4, 0.5) is 0 Å². The minimum atomic E-state index is 0.524. The van der Waals surface area contributed by atoms with Crippen LogP contribution in [-0.2, 0) is 0 Å². The number of allylic oxidation sites excluding steroid dienone is 6. The molecule has 1 aromatic carbocycles. The second kappa shape index (κ2) is 8.58. The zero-order valence-electron chi connectivity index (χ0n) is 10.8. The first kappa shape index (κ1) is 13.5. The maximum absolute atomic E-state index is 2.27. The highest BCUT2D eigenvalue weighted by Gasteiger charge is 2.02. The normalized spacial score (nSPS) is 14.0. The van der Waals surface area contributed by atoms with Crippen LogP contribution >= 0.6 is 0 Å². The van der Waals surface area contributed by atoms with Crippen molar-refractivity contribution < 1.29 is 0 Å². The monoisotopic (exact) mass is 226 g/mol. The summed E-state index contributed by atoms with van der Waals surface area (Å²) in [5.74, 6) is 0.524. The molecule has 1 aromatic rings. The van der Waals surface area contributed by atoms with Crippen molar-refractivity contribution in [2.24, 2.45) is 0 Å². The van der Waals surface area contributed by atoms with Crippen LogP contribution in [0.25, 0.3) is 0 Å². The molecule has 0 bridgehead atoms. The molecule has 17 heavy (non-hydrogen) atoms. The van der Waals surface area contributed by atoms with Crippen LogP contribution in [0, 0.1) is 0 Å². The summed E-state index contributed by atoms with van der Waals surface area (Å²) < 4.78 is 0. The SMILES string of the molecule is CC\C=C/C=C\C=C\C(CC)c1ccccc1. The van der Waals surface area contributed by atoms with Gasteiger partial charge in [-0.2, -0.15) is 0 Å². The first-order chi connectivity index (χ1) is 8.38. The van der Waals surface area contributed by atoms with E-state index < -0.39 is 0 Å². The largest absolute Gasteiger partial charge is 0.0848 e. The van der Waals surface area contributed by atoms with Crippen molar-refractivity contribution in [2.45, 2.75) is 32.6 Å². The van der Waals surface area contributed by atoms with Gasteiger partial charge in [0.25, 0.3) is 0 Å². The van der Waals surface area contributed by atoms with E-state index in [9.17, 15) is 0 Å². The molecule has 0 nitrogen and oxygen atoms in total. The molecule has 0 heteroatoms. The van der Waals surface area contributed by atoms with Crippen molar-refractivity contribution in [3.05, 3.63) is 72.4 Å². The fourth-order valence-corrected chi connectivity index (χ4v) is 1.72. The Morgan fingerprint density at radius 1 is 0.941 bits per heavy atom. The Morgan fingerprint density at radius 2 is 1.65 bits per heavy atom. The van der Waals surface area contributed by atoms with Crippen LogP contribution < -0.4 is 0 Å². The zero-order valence-corrected chi connectivity index (χ0v) is 10.8. The van der Waals surface area contributed by atoms with Gasteiger partial charge >= 0.3 is 0 Å². The molecule has 0 N–H and O–H groups in total. The number of hydrogen-bond acceptors (Lipinski definition) is 0. The van der Waals surface area contributed by atoms with Gasteiger partial charge in [0.15, 0.2) is 0 Å². The number of benzene rings is 1. The smallest absolute Gasteiger partial charge is 0.00184 e. The van der Waals surface area contributed by atoms with Crippen molar-refractivity contribution in [1.29, 1.82) is 0 Å². The van der Waals surface area contributed by atoms with E-state index in [1.165, 1.54) is 5.56 Å². The molecule has 0 saturated carbocycles. The summed E-state index contributed by atoms with van der Waals surface area (Å²) in [5.41, 5.74) is 1.39. The Balaban J connectivity index is 2.56. The fourth-order valence-electron chi connectivity index (χ4n) is 1.72. The van der Waals surface area contributed by atoms with Gasteiger partial charge in [-0.25, -0.2) is 0 Å². The topological polar surface area (TPSA) is 0 Å². The molecule has 0 amide bonds. The molecule has 0 aliphatic carbocycles. The minimum Gasteiger partial charge on any atom is -0.0848 e. The molecule has 0 radical (unpaired) electrons. The maximum atomic E-state index is 2.27. The predicted octanol–water partition coefficient (Wildman–Crippen LogP) is 5.26. The van der Waals surface area contributed by atoms with Gasteiger partial charge in [0.05, 0.1) is 0 Å². The highest BCUT2D eigenvalue weighted by molar-refractivity contribution is 5.25. The third-order valence-corrected chi connectivity index (χ3v) is 2.72. The lowest BCUT2D eigenvalue weighted by molar-refractivity contribution is 0.805. The van der Waals surface area contributed by atoms with Crippen LogP contribution in [0.1, 0.15) is 38.2 Å². The Hall–Kier alpha value is -1.56. The predicted molar refractivity (Wildman–Crippen MR) is 77.2 cm³/mol. The van der Waals surface area contributed by atoms with Crippen LogP contribution in [0.2, 0.25) is 0 Å². The Bertz CT molecular complexity index is 368. The van der Waals surface area contributed by atoms with E-state index in [0.29, 0.717) is 5.92 Å². The third-order valence-electron chi connectivity index (χ3n) is 2.72. The summed E-state index contributed by atoms with van der Waals surface area (Å²) in [7, 11) is 0. The molecule has 90 valence electrons. The van der Waals surface area contributed by atoms with Gasteiger partial charge in [0.2, 0.25) is 0 Å². The highest BCUT2D eigenvalue weighted by atomic mass is 14.1. The van der Waals surface area contributed by atoms with Crippen molar-refractivity contribution in [1.82, 2.24) is 0 Å². The first-order valence-corrected chi connectivity index (χ1v) is 6.43. The van der Waals surface area contributed by atoms with Crippen molar-refractivity contribution >= 4 is 0 Å². The Kier molecular flexibility index (Phi) is 6.81. The molecule has 0 aromatic heterocycles. The summed E-state index contributed by atoms with van der Waals surface area (Å²) in [6.45, 7) is 4.37. The molecular formula is C17H22. The summed E-state index contributed by atoms with van der Waals surface area (Å²) >= 11 is 0. The standard InChI is InChI=1S/C17H22/c1-3-5-6-7-8-10-13-16(4-2)17-14-11-9-12-15-17/h5-16H,3-4H2,1-2H3/b6-5-,8-7-,13-10+. The molecule has 0 aliphatic heterocycles. The second-order valence-electron chi connectivity index (χ2n) is 4.03. The van der Waals surface area contributed by atoms with E-state index in [-0.39, 0.29) is 0 Å². The van der Waals surface area contributed by atoms with Gasteiger partial charge in [0.1, 0.15) is 0 Å². The lowest BCUT2D eigenvalue weighted by Crippen LogP contribution is -1.91. The molecule has 0 aliphatic rings. The number of hydrogen-bond donors (Lipinski definition) is 0. The summed E-state index contributed by atoms with van der Waals surface area (Å²) in [5, 5.41) is 0. The lowest BCUT2D eigenvalue weighted by Gasteiger charge is -2.09. The maximum Gasteiger partial charge on any atom is 0.00184 e. The molecule has 0 saturated heterocycles. The van der Waals surface area contributed by atoms with Crippen LogP contribution in [0.15, 0.2) is 66.8 Å². The fraction of sp³-hybridized carbons (Fsp3) is 0.294. The molecular weight excluding hydrogens is 204 g/mol. The molecule has 0 spiro atoms. The molecule has 0 heterocycles. The quantitative estimate of drug-likeness (QED) is 0.580. The average molecular weight is 226 g/mol. The highest BCUT2D eigenvalue weighted by Crippen LogP contribution is 2.20. The minimum absolute atomic E-state index is 0.524. The van der Waals surface area contributed by atoms with E-state index in [2.05, 4.69) is 80.6 Å². The van der Waals surface area contributed by atoms with Gasteiger partial charge in [-0.15, -0.1) is 0 Å². The van der Waals surface area contributed by atoms with E-state index >= 15 is 0 Å². The van der Waals surface area contributed by atoms with Crippen molar-refractivity contribution in [2.75, 3.05) is 0 Å². The summed E-state index contributed by atoms with van der Waals surface area (Å²) in [4.78, 5) is 0. The molecule has 0 fully saturated rings. The Morgan fingerprint density at radius 3 is 2.29 bits per heavy atom. The second-order valence-corrected chi connectivity index (χ2v) is 4.03. The zero-order chi connectivity index (χ0) is 12.3. The summed E-state index contributed by atoms with van der Waals surface area (Å²) in [6, 6.07) is 10.7. The molecule has 1 rings (SSSR count). The molecule has 1 unspecified atom stereocenters. The first-order valence-electron chi connectivity index (χ1n) is 6.43. The Labute approximate surface area is 105 Å². The lowest BCUT2D eigenvalue weighted by atomic mass is 9.96. The molecule has 1 atom stereocenters. The van der Waals surface area contributed by atoms with E-state index in [0.717, 1.165) is 12.8 Å². The van der Waals surface area contributed by atoms with Gasteiger partial charge < -0.3 is 0 Å². The van der Waals surface area contributed by atoms with E-state index in [1.54, 1.807) is 0 Å². The van der Waals surface area contributed by atoms with Gasteiger partial charge in [-0.3, -0.25) is 0 Å².